The molecule has 0 bridgehead atoms. The lowest BCUT2D eigenvalue weighted by Crippen LogP contribution is -2.02. The average molecular weight is 325 g/mol. The quantitative estimate of drug-likeness (QED) is 0.514. The smallest absolute Gasteiger partial charge is 0.209 e. The normalized spacial score (nSPS) is 10.5. The molecule has 0 spiro atoms. The molecule has 1 heterocycles. The van der Waals surface area contributed by atoms with E-state index in [1.165, 1.54) is 11.8 Å². The Hall–Kier alpha value is -2.60. The van der Waals surface area contributed by atoms with Gasteiger partial charge in [-0.25, -0.2) is 9.67 Å². The molecule has 0 aliphatic rings. The third-order valence-electron chi connectivity index (χ3n) is 3.24. The van der Waals surface area contributed by atoms with Crippen molar-refractivity contribution >= 4 is 17.5 Å². The van der Waals surface area contributed by atoms with E-state index in [-0.39, 0.29) is 5.78 Å². The van der Waals surface area contributed by atoms with Crippen molar-refractivity contribution in [1.29, 1.82) is 0 Å². The molecule has 0 amide bonds. The van der Waals surface area contributed by atoms with E-state index < -0.39 is 0 Å². The minimum atomic E-state index is 0.0358. The Kier molecular flexibility index (Phi) is 4.73. The van der Waals surface area contributed by atoms with E-state index in [1.54, 1.807) is 42.4 Å². The molecule has 0 unspecified atom stereocenters. The van der Waals surface area contributed by atoms with Crippen LogP contribution in [0.3, 0.4) is 0 Å². The molecule has 0 saturated carbocycles. The number of hydrogen-bond acceptors (Lipinski definition) is 5. The van der Waals surface area contributed by atoms with Gasteiger partial charge in [0.1, 0.15) is 12.1 Å². The lowest BCUT2D eigenvalue weighted by atomic mass is 10.1. The number of thioether (sulfide) groups is 1. The lowest BCUT2D eigenvalue weighted by molar-refractivity contribution is 0.102. The predicted molar refractivity (Wildman–Crippen MR) is 89.4 cm³/mol. The van der Waals surface area contributed by atoms with Gasteiger partial charge in [0.15, 0.2) is 5.78 Å². The zero-order valence-electron chi connectivity index (χ0n) is 12.5. The zero-order chi connectivity index (χ0) is 16.1. The number of ketones is 1. The SMILES string of the molecule is COc1ccc(C(=O)CSc2ncn(-c3ccccc3)n2)cc1. The number of methoxy groups -OCH3 is 1. The van der Waals surface area contributed by atoms with Crippen molar-refractivity contribution < 1.29 is 9.53 Å². The molecule has 3 rings (SSSR count). The summed E-state index contributed by atoms with van der Waals surface area (Å²) in [6.45, 7) is 0. The van der Waals surface area contributed by atoms with Crippen LogP contribution in [0.1, 0.15) is 10.4 Å². The Morgan fingerprint density at radius 2 is 1.87 bits per heavy atom. The lowest BCUT2D eigenvalue weighted by Gasteiger charge is -2.02. The van der Waals surface area contributed by atoms with Gasteiger partial charge in [-0.15, -0.1) is 5.10 Å². The first-order valence-electron chi connectivity index (χ1n) is 7.03. The number of hydrogen-bond donors (Lipinski definition) is 0. The standard InChI is InChI=1S/C17H15N3O2S/c1-22-15-9-7-13(8-10-15)16(21)11-23-17-18-12-20(19-17)14-5-3-2-4-6-14/h2-10,12H,11H2,1H3. The van der Waals surface area contributed by atoms with Gasteiger partial charge in [-0.05, 0) is 36.4 Å². The highest BCUT2D eigenvalue weighted by molar-refractivity contribution is 7.99. The predicted octanol–water partition coefficient (Wildman–Crippen LogP) is 3.25. The number of rotatable bonds is 6. The Bertz CT molecular complexity index is 785. The summed E-state index contributed by atoms with van der Waals surface area (Å²) < 4.78 is 6.78. The molecule has 0 N–H and O–H groups in total. The second kappa shape index (κ2) is 7.11. The Morgan fingerprint density at radius 3 is 2.57 bits per heavy atom. The van der Waals surface area contributed by atoms with Crippen LogP contribution >= 0.6 is 11.8 Å². The fourth-order valence-corrected chi connectivity index (χ4v) is 2.70. The number of para-hydroxylation sites is 1. The molecule has 0 aliphatic carbocycles. The second-order valence-corrected chi connectivity index (χ2v) is 5.69. The Balaban J connectivity index is 1.62. The number of Topliss-reactive ketones (excluding diaryl/α,β-unsaturated/α-hetero) is 1. The van der Waals surface area contributed by atoms with Crippen molar-refractivity contribution in [3.05, 3.63) is 66.5 Å². The van der Waals surface area contributed by atoms with Gasteiger partial charge < -0.3 is 4.74 Å². The summed E-state index contributed by atoms with van der Waals surface area (Å²) in [6.07, 6.45) is 1.65. The summed E-state index contributed by atoms with van der Waals surface area (Å²) in [6, 6.07) is 16.8. The molecule has 0 atom stereocenters. The molecule has 1 aromatic heterocycles. The Labute approximate surface area is 138 Å². The minimum absolute atomic E-state index is 0.0358. The monoisotopic (exact) mass is 325 g/mol. The van der Waals surface area contributed by atoms with Crippen molar-refractivity contribution in [1.82, 2.24) is 14.8 Å². The fraction of sp³-hybridized carbons (Fsp3) is 0.118. The van der Waals surface area contributed by atoms with Crippen molar-refractivity contribution in [3.8, 4) is 11.4 Å². The van der Waals surface area contributed by atoms with Crippen LogP contribution in [0, 0.1) is 0 Å². The molecule has 5 nitrogen and oxygen atoms in total. The van der Waals surface area contributed by atoms with Gasteiger partial charge >= 0.3 is 0 Å². The molecule has 0 radical (unpaired) electrons. The van der Waals surface area contributed by atoms with Crippen molar-refractivity contribution in [2.45, 2.75) is 5.16 Å². The van der Waals surface area contributed by atoms with Crippen LogP contribution in [0.2, 0.25) is 0 Å². The van der Waals surface area contributed by atoms with Crippen LogP contribution in [0.5, 0.6) is 5.75 Å². The van der Waals surface area contributed by atoms with Crippen LogP contribution < -0.4 is 4.74 Å². The first kappa shape index (κ1) is 15.3. The third-order valence-corrected chi connectivity index (χ3v) is 4.09. The first-order valence-corrected chi connectivity index (χ1v) is 8.02. The number of ether oxygens (including phenoxy) is 1. The zero-order valence-corrected chi connectivity index (χ0v) is 13.4. The van der Waals surface area contributed by atoms with E-state index in [4.69, 9.17) is 4.74 Å². The molecule has 2 aromatic carbocycles. The van der Waals surface area contributed by atoms with Crippen LogP contribution in [0.25, 0.3) is 5.69 Å². The highest BCUT2D eigenvalue weighted by atomic mass is 32.2. The summed E-state index contributed by atoms with van der Waals surface area (Å²) in [7, 11) is 1.60. The molecular weight excluding hydrogens is 310 g/mol. The molecule has 0 fully saturated rings. The Morgan fingerprint density at radius 1 is 1.13 bits per heavy atom. The number of aromatic nitrogens is 3. The highest BCUT2D eigenvalue weighted by Crippen LogP contribution is 2.17. The summed E-state index contributed by atoms with van der Waals surface area (Å²) in [5.74, 6) is 1.07. The average Bonchev–Trinajstić information content (AvgIpc) is 3.09. The van der Waals surface area contributed by atoms with Crippen LogP contribution in [-0.2, 0) is 0 Å². The van der Waals surface area contributed by atoms with E-state index in [2.05, 4.69) is 10.1 Å². The highest BCUT2D eigenvalue weighted by Gasteiger charge is 2.09. The molecule has 0 aliphatic heterocycles. The maximum Gasteiger partial charge on any atom is 0.209 e. The number of carbonyl (C=O) groups is 1. The van der Waals surface area contributed by atoms with E-state index in [1.807, 2.05) is 30.3 Å². The summed E-state index contributed by atoms with van der Waals surface area (Å²) in [4.78, 5) is 16.4. The maximum absolute atomic E-state index is 12.2. The number of nitrogens with zero attached hydrogens (tertiary/aromatic N) is 3. The van der Waals surface area contributed by atoms with Gasteiger partial charge in [0, 0.05) is 5.56 Å². The summed E-state index contributed by atoms with van der Waals surface area (Å²) in [5, 5.41) is 4.95. The third kappa shape index (κ3) is 3.78. The van der Waals surface area contributed by atoms with Gasteiger partial charge in [0.25, 0.3) is 0 Å². The molecular formula is C17H15N3O2S. The van der Waals surface area contributed by atoms with E-state index in [0.29, 0.717) is 16.5 Å². The molecule has 23 heavy (non-hydrogen) atoms. The molecule has 0 saturated heterocycles. The van der Waals surface area contributed by atoms with E-state index in [9.17, 15) is 4.79 Å². The summed E-state index contributed by atoms with van der Waals surface area (Å²) >= 11 is 1.32. The van der Waals surface area contributed by atoms with Crippen molar-refractivity contribution in [2.24, 2.45) is 0 Å². The van der Waals surface area contributed by atoms with Crippen molar-refractivity contribution in [3.63, 3.8) is 0 Å². The van der Waals surface area contributed by atoms with Crippen LogP contribution in [0.4, 0.5) is 0 Å². The molecule has 6 heteroatoms. The first-order chi connectivity index (χ1) is 11.3. The fourth-order valence-electron chi connectivity index (χ4n) is 2.01. The van der Waals surface area contributed by atoms with Gasteiger partial charge in [-0.3, -0.25) is 4.79 Å². The van der Waals surface area contributed by atoms with Crippen LogP contribution in [-0.4, -0.2) is 33.4 Å². The van der Waals surface area contributed by atoms with Gasteiger partial charge in [-0.1, -0.05) is 30.0 Å². The molecule has 3 aromatic rings. The topological polar surface area (TPSA) is 57.0 Å². The second-order valence-electron chi connectivity index (χ2n) is 4.75. The largest absolute Gasteiger partial charge is 0.497 e. The van der Waals surface area contributed by atoms with Crippen LogP contribution in [0.15, 0.2) is 66.1 Å². The number of benzene rings is 2. The van der Waals surface area contributed by atoms with Gasteiger partial charge in [-0.2, -0.15) is 0 Å². The maximum atomic E-state index is 12.2. The minimum Gasteiger partial charge on any atom is -0.497 e. The van der Waals surface area contributed by atoms with Gasteiger partial charge in [0.05, 0.1) is 18.6 Å². The number of carbonyl (C=O) groups excluding carboxylic acids is 1. The van der Waals surface area contributed by atoms with Crippen molar-refractivity contribution in [2.75, 3.05) is 12.9 Å². The van der Waals surface area contributed by atoms with E-state index >= 15 is 0 Å². The van der Waals surface area contributed by atoms with Gasteiger partial charge in [0.2, 0.25) is 5.16 Å². The molecule has 116 valence electrons. The van der Waals surface area contributed by atoms with E-state index in [0.717, 1.165) is 11.4 Å². The summed E-state index contributed by atoms with van der Waals surface area (Å²) in [5.41, 5.74) is 1.59.